The number of nitrogens with zero attached hydrogens (tertiary/aromatic N) is 4. The summed E-state index contributed by atoms with van der Waals surface area (Å²) in [4.78, 5) is 4.59. The maximum Gasteiger partial charge on any atom is 0.0534 e. The highest BCUT2D eigenvalue weighted by Gasteiger charge is 2.15. The van der Waals surface area contributed by atoms with E-state index >= 15 is 0 Å². The summed E-state index contributed by atoms with van der Waals surface area (Å²) in [6, 6.07) is 73.6. The molecule has 0 aliphatic rings. The van der Waals surface area contributed by atoms with Gasteiger partial charge < -0.3 is 18.9 Å². The molecule has 0 radical (unpaired) electrons. The van der Waals surface area contributed by atoms with E-state index in [1.165, 1.54) is 32.6 Å². The number of benzene rings is 8. The quantitative estimate of drug-likeness (QED) is 0.158. The second kappa shape index (κ2) is 13.4. The highest BCUT2D eigenvalue weighted by molar-refractivity contribution is 6.04. The molecule has 0 fully saturated rings. The van der Waals surface area contributed by atoms with E-state index in [2.05, 4.69) is 238 Å². The van der Waals surface area contributed by atoms with Crippen molar-refractivity contribution >= 4 is 66.7 Å². The first kappa shape index (κ1) is 31.4. The molecule has 10 rings (SSSR count). The summed E-state index contributed by atoms with van der Waals surface area (Å²) in [6.07, 6.45) is 4.36. The molecule has 10 aromatic rings. The lowest BCUT2D eigenvalue weighted by atomic mass is 10.1. The highest BCUT2D eigenvalue weighted by atomic mass is 15.1. The van der Waals surface area contributed by atoms with Crippen LogP contribution in [0.5, 0.6) is 0 Å². The number of hydrogen-bond acceptors (Lipinski definition) is 2. The van der Waals surface area contributed by atoms with Gasteiger partial charge in [0.25, 0.3) is 0 Å². The predicted molar refractivity (Wildman–Crippen MR) is 227 cm³/mol. The van der Waals surface area contributed by atoms with Crippen LogP contribution in [-0.4, -0.2) is 9.13 Å². The Balaban J connectivity index is 0.995. The molecular weight excluding hydrogens is 657 g/mol. The predicted octanol–water partition coefficient (Wildman–Crippen LogP) is 13.7. The molecule has 0 spiro atoms. The second-order valence-corrected chi connectivity index (χ2v) is 13.6. The summed E-state index contributed by atoms with van der Waals surface area (Å²) < 4.78 is 4.59. The van der Waals surface area contributed by atoms with E-state index in [1.54, 1.807) is 0 Å². The summed E-state index contributed by atoms with van der Waals surface area (Å²) >= 11 is 0. The molecule has 0 amide bonds. The molecular formula is C50H36N4. The molecule has 0 aliphatic heterocycles. The molecule has 2 heterocycles. The molecule has 4 heteroatoms. The van der Waals surface area contributed by atoms with Gasteiger partial charge in [0.1, 0.15) is 0 Å². The lowest BCUT2D eigenvalue weighted by molar-refractivity contribution is 1.12. The monoisotopic (exact) mass is 692 g/mol. The van der Waals surface area contributed by atoms with Crippen molar-refractivity contribution < 1.29 is 0 Å². The van der Waals surface area contributed by atoms with Crippen LogP contribution in [-0.2, 0) is 0 Å². The number of aromatic nitrogens is 2. The Morgan fingerprint density at radius 3 is 0.889 bits per heavy atom. The van der Waals surface area contributed by atoms with Crippen LogP contribution in [0.1, 0.15) is 0 Å². The maximum atomic E-state index is 2.33. The highest BCUT2D eigenvalue weighted by Crippen LogP contribution is 2.37. The fourth-order valence-electron chi connectivity index (χ4n) is 7.69. The van der Waals surface area contributed by atoms with E-state index in [0.717, 1.165) is 45.5 Å². The number of fused-ring (bicyclic) bond motifs is 3. The van der Waals surface area contributed by atoms with Crippen molar-refractivity contribution in [2.75, 3.05) is 9.80 Å². The van der Waals surface area contributed by atoms with Gasteiger partial charge in [-0.25, -0.2) is 0 Å². The molecule has 0 atom stereocenters. The summed E-state index contributed by atoms with van der Waals surface area (Å²) in [5.74, 6) is 0. The fraction of sp³-hybridized carbons (Fsp3) is 0. The standard InChI is InChI=1S/C50H36N4/c1-5-13-43(14-6-1)53(44-15-7-2-8-16-44)47-25-21-41(22-26-47)51-31-29-37-33-39-34-38-30-32-52(50(38)36-40(39)35-49(37)51)42-23-27-48(28-24-42)54(45-17-9-3-10-18-45)46-19-11-4-12-20-46/h1-36H. The molecule has 0 saturated carbocycles. The number of para-hydroxylation sites is 4. The van der Waals surface area contributed by atoms with E-state index < -0.39 is 0 Å². The zero-order valence-corrected chi connectivity index (χ0v) is 29.6. The topological polar surface area (TPSA) is 16.3 Å². The minimum absolute atomic E-state index is 1.11. The van der Waals surface area contributed by atoms with Crippen molar-refractivity contribution in [2.45, 2.75) is 0 Å². The van der Waals surface area contributed by atoms with Crippen LogP contribution in [0, 0.1) is 0 Å². The van der Waals surface area contributed by atoms with Crippen LogP contribution < -0.4 is 9.80 Å². The van der Waals surface area contributed by atoms with Crippen LogP contribution in [0.2, 0.25) is 0 Å². The van der Waals surface area contributed by atoms with Crippen molar-refractivity contribution in [2.24, 2.45) is 0 Å². The van der Waals surface area contributed by atoms with Crippen molar-refractivity contribution in [3.05, 3.63) is 219 Å². The van der Waals surface area contributed by atoms with Crippen molar-refractivity contribution in [3.63, 3.8) is 0 Å². The Labute approximate surface area is 314 Å². The molecule has 0 bridgehead atoms. The van der Waals surface area contributed by atoms with Gasteiger partial charge in [-0.05, 0) is 144 Å². The first-order chi connectivity index (χ1) is 26.8. The molecule has 2 aromatic heterocycles. The summed E-state index contributed by atoms with van der Waals surface area (Å²) in [6.45, 7) is 0. The maximum absolute atomic E-state index is 2.33. The number of rotatable bonds is 8. The molecule has 4 nitrogen and oxygen atoms in total. The Hall–Kier alpha value is -7.30. The van der Waals surface area contributed by atoms with E-state index in [9.17, 15) is 0 Å². The Morgan fingerprint density at radius 2 is 0.556 bits per heavy atom. The SMILES string of the molecule is c1ccc(N(c2ccccc2)c2ccc(-n3ccc4cc5cc6ccn(-c7ccc(N(c8ccccc8)c8ccccc8)cc7)c6cc5cc43)cc2)cc1. The molecule has 256 valence electrons. The van der Waals surface area contributed by atoms with Gasteiger partial charge in [0.05, 0.1) is 11.0 Å². The third kappa shape index (κ3) is 5.67. The minimum atomic E-state index is 1.11. The van der Waals surface area contributed by atoms with Gasteiger partial charge in [0.2, 0.25) is 0 Å². The fourth-order valence-corrected chi connectivity index (χ4v) is 7.69. The number of hydrogen-bond donors (Lipinski definition) is 0. The van der Waals surface area contributed by atoms with Gasteiger partial charge >= 0.3 is 0 Å². The smallest absolute Gasteiger partial charge is 0.0534 e. The largest absolute Gasteiger partial charge is 0.317 e. The van der Waals surface area contributed by atoms with Crippen LogP contribution in [0.25, 0.3) is 44.0 Å². The molecule has 0 saturated heterocycles. The minimum Gasteiger partial charge on any atom is -0.317 e. The Kier molecular flexibility index (Phi) is 7.77. The van der Waals surface area contributed by atoms with Crippen molar-refractivity contribution in [1.29, 1.82) is 0 Å². The van der Waals surface area contributed by atoms with E-state index in [4.69, 9.17) is 0 Å². The van der Waals surface area contributed by atoms with Gasteiger partial charge in [-0.2, -0.15) is 0 Å². The molecule has 54 heavy (non-hydrogen) atoms. The summed E-state index contributed by atoms with van der Waals surface area (Å²) in [5, 5.41) is 4.88. The second-order valence-electron chi connectivity index (χ2n) is 13.6. The zero-order chi connectivity index (χ0) is 35.8. The van der Waals surface area contributed by atoms with Gasteiger partial charge in [0, 0.05) is 68.7 Å². The van der Waals surface area contributed by atoms with Crippen LogP contribution >= 0.6 is 0 Å². The first-order valence-electron chi connectivity index (χ1n) is 18.3. The molecule has 0 N–H and O–H groups in total. The van der Waals surface area contributed by atoms with Crippen molar-refractivity contribution in [1.82, 2.24) is 9.13 Å². The third-order valence-electron chi connectivity index (χ3n) is 10.3. The summed E-state index contributed by atoms with van der Waals surface area (Å²) in [5.41, 5.74) is 11.3. The van der Waals surface area contributed by atoms with E-state index in [-0.39, 0.29) is 0 Å². The third-order valence-corrected chi connectivity index (χ3v) is 10.3. The number of anilines is 6. The molecule has 0 aliphatic carbocycles. The Morgan fingerprint density at radius 1 is 0.259 bits per heavy atom. The Bertz CT molecular complexity index is 2570. The van der Waals surface area contributed by atoms with Gasteiger partial charge in [-0.15, -0.1) is 0 Å². The average molecular weight is 693 g/mol. The lowest BCUT2D eigenvalue weighted by Gasteiger charge is -2.25. The molecule has 8 aromatic carbocycles. The van der Waals surface area contributed by atoms with E-state index in [0.29, 0.717) is 0 Å². The van der Waals surface area contributed by atoms with Gasteiger partial charge in [-0.1, -0.05) is 72.8 Å². The van der Waals surface area contributed by atoms with Crippen LogP contribution in [0.15, 0.2) is 219 Å². The lowest BCUT2D eigenvalue weighted by Crippen LogP contribution is -2.09. The average Bonchev–Trinajstić information content (AvgIpc) is 3.85. The van der Waals surface area contributed by atoms with Crippen LogP contribution in [0.4, 0.5) is 34.1 Å². The first-order valence-corrected chi connectivity index (χ1v) is 18.3. The van der Waals surface area contributed by atoms with Crippen LogP contribution in [0.3, 0.4) is 0 Å². The zero-order valence-electron chi connectivity index (χ0n) is 29.6. The normalized spacial score (nSPS) is 11.3. The summed E-state index contributed by atoms with van der Waals surface area (Å²) in [7, 11) is 0. The van der Waals surface area contributed by atoms with Gasteiger partial charge in [-0.3, -0.25) is 0 Å². The van der Waals surface area contributed by atoms with E-state index in [1.807, 2.05) is 0 Å². The molecule has 0 unspecified atom stereocenters. The van der Waals surface area contributed by atoms with Crippen molar-refractivity contribution in [3.8, 4) is 11.4 Å². The van der Waals surface area contributed by atoms with Gasteiger partial charge in [0.15, 0.2) is 0 Å².